The maximum Gasteiger partial charge on any atom is 0.278 e. The van der Waals surface area contributed by atoms with Gasteiger partial charge in [0.15, 0.2) is 0 Å². The number of rotatable bonds is 8. The summed E-state index contributed by atoms with van der Waals surface area (Å²) in [6.07, 6.45) is 4.18. The number of nitrogens with zero attached hydrogens (tertiary/aromatic N) is 3. The highest BCUT2D eigenvalue weighted by Crippen LogP contribution is 2.33. The lowest BCUT2D eigenvalue weighted by atomic mass is 10.0. The second-order valence-corrected chi connectivity index (χ2v) is 7.60. The van der Waals surface area contributed by atoms with E-state index in [1.165, 1.54) is 17.0 Å². The molecule has 1 aliphatic heterocycles. The Morgan fingerprint density at radius 3 is 2.22 bits per heavy atom. The van der Waals surface area contributed by atoms with Gasteiger partial charge >= 0.3 is 0 Å². The Bertz CT molecular complexity index is 1130. The molecule has 162 valence electrons. The summed E-state index contributed by atoms with van der Waals surface area (Å²) in [7, 11) is 0. The van der Waals surface area contributed by atoms with Crippen LogP contribution in [-0.4, -0.2) is 39.7 Å². The number of pyridine rings is 1. The predicted octanol–water partition coefficient (Wildman–Crippen LogP) is 4.07. The second kappa shape index (κ2) is 9.56. The van der Waals surface area contributed by atoms with Gasteiger partial charge in [0.2, 0.25) is 0 Å². The van der Waals surface area contributed by atoms with Crippen molar-refractivity contribution >= 4 is 17.4 Å². The minimum Gasteiger partial charge on any atom is -0.366 e. The molecule has 2 amide bonds. The van der Waals surface area contributed by atoms with E-state index >= 15 is 0 Å². The normalized spacial score (nSPS) is 13.8. The molecule has 0 bridgehead atoms. The maximum absolute atomic E-state index is 13.5. The number of halogens is 1. The minimum atomic E-state index is -0.390. The van der Waals surface area contributed by atoms with E-state index in [2.05, 4.69) is 4.98 Å². The Labute approximate surface area is 186 Å². The van der Waals surface area contributed by atoms with Crippen LogP contribution in [0, 0.1) is 5.82 Å². The van der Waals surface area contributed by atoms with Gasteiger partial charge in [-0.1, -0.05) is 42.5 Å². The molecule has 3 aromatic rings. The molecule has 0 unspecified atom stereocenters. The summed E-state index contributed by atoms with van der Waals surface area (Å²) in [5.41, 5.74) is 3.20. The number of benzene rings is 2. The van der Waals surface area contributed by atoms with Gasteiger partial charge in [-0.05, 0) is 54.3 Å². The summed E-state index contributed by atoms with van der Waals surface area (Å²) >= 11 is 0. The molecule has 2 heterocycles. The number of amides is 2. The molecule has 0 N–H and O–H groups in total. The van der Waals surface area contributed by atoms with Crippen molar-refractivity contribution in [2.24, 2.45) is 0 Å². The average Bonchev–Trinajstić information content (AvgIpc) is 3.06. The lowest BCUT2D eigenvalue weighted by Crippen LogP contribution is -2.35. The zero-order valence-corrected chi connectivity index (χ0v) is 17.9. The van der Waals surface area contributed by atoms with E-state index in [1.807, 2.05) is 54.3 Å². The fourth-order valence-electron chi connectivity index (χ4n) is 3.88. The zero-order valence-electron chi connectivity index (χ0n) is 17.9. The molecule has 0 fully saturated rings. The van der Waals surface area contributed by atoms with Crippen molar-refractivity contribution in [3.05, 3.63) is 107 Å². The number of aromatic nitrogens is 1. The highest BCUT2D eigenvalue weighted by molar-refractivity contribution is 6.35. The Morgan fingerprint density at radius 1 is 0.875 bits per heavy atom. The van der Waals surface area contributed by atoms with Crippen molar-refractivity contribution in [3.8, 4) is 0 Å². The molecule has 4 rings (SSSR count). The Morgan fingerprint density at radius 2 is 1.56 bits per heavy atom. The molecule has 6 heteroatoms. The fraction of sp³-hybridized carbons (Fsp3) is 0.192. The lowest BCUT2D eigenvalue weighted by Gasteiger charge is -2.25. The van der Waals surface area contributed by atoms with Crippen LogP contribution in [0.4, 0.5) is 4.39 Å². The second-order valence-electron chi connectivity index (χ2n) is 7.60. The molecule has 1 aromatic heterocycles. The smallest absolute Gasteiger partial charge is 0.278 e. The molecule has 0 saturated heterocycles. The van der Waals surface area contributed by atoms with Crippen molar-refractivity contribution < 1.29 is 14.0 Å². The summed E-state index contributed by atoms with van der Waals surface area (Å²) < 4.78 is 13.5. The van der Waals surface area contributed by atoms with Crippen LogP contribution in [0.2, 0.25) is 0 Å². The van der Waals surface area contributed by atoms with Crippen molar-refractivity contribution in [3.63, 3.8) is 0 Å². The first-order chi connectivity index (χ1) is 15.6. The first kappa shape index (κ1) is 21.4. The van der Waals surface area contributed by atoms with Gasteiger partial charge in [0.05, 0.1) is 12.1 Å². The molecule has 0 saturated carbocycles. The van der Waals surface area contributed by atoms with Gasteiger partial charge in [-0.25, -0.2) is 4.39 Å². The number of carbonyl (C=O) groups is 2. The molecule has 2 aromatic carbocycles. The molecule has 5 nitrogen and oxygen atoms in total. The minimum absolute atomic E-state index is 0.189. The first-order valence-corrected chi connectivity index (χ1v) is 10.6. The van der Waals surface area contributed by atoms with E-state index in [-0.39, 0.29) is 24.2 Å². The monoisotopic (exact) mass is 429 g/mol. The third-order valence-electron chi connectivity index (χ3n) is 5.58. The van der Waals surface area contributed by atoms with E-state index in [1.54, 1.807) is 24.5 Å². The van der Waals surface area contributed by atoms with Gasteiger partial charge < -0.3 is 4.90 Å². The topological polar surface area (TPSA) is 53.5 Å². The highest BCUT2D eigenvalue weighted by atomic mass is 19.1. The van der Waals surface area contributed by atoms with Crippen molar-refractivity contribution in [1.82, 2.24) is 14.8 Å². The third kappa shape index (κ3) is 4.44. The van der Waals surface area contributed by atoms with Crippen LogP contribution in [-0.2, 0) is 22.6 Å². The lowest BCUT2D eigenvalue weighted by molar-refractivity contribution is -0.138. The van der Waals surface area contributed by atoms with E-state index in [4.69, 9.17) is 0 Å². The van der Waals surface area contributed by atoms with Crippen molar-refractivity contribution in [1.29, 1.82) is 0 Å². The molecule has 0 spiro atoms. The van der Waals surface area contributed by atoms with Crippen LogP contribution in [0.1, 0.15) is 23.6 Å². The van der Waals surface area contributed by atoms with E-state index in [0.29, 0.717) is 36.3 Å². The number of carbonyl (C=O) groups excluding carboxylic acids is 2. The molecular formula is C26H24FN3O2. The molecule has 0 aliphatic carbocycles. The Balaban J connectivity index is 1.69. The molecule has 1 aliphatic rings. The number of imide groups is 1. The molecule has 0 radical (unpaired) electrons. The first-order valence-electron chi connectivity index (χ1n) is 10.6. The largest absolute Gasteiger partial charge is 0.366 e. The summed E-state index contributed by atoms with van der Waals surface area (Å²) in [6, 6.07) is 19.0. The Hall–Kier alpha value is -3.80. The number of hydrogen-bond acceptors (Lipinski definition) is 4. The van der Waals surface area contributed by atoms with Crippen LogP contribution in [0.5, 0.6) is 0 Å². The zero-order chi connectivity index (χ0) is 22.5. The fourth-order valence-corrected chi connectivity index (χ4v) is 3.88. The van der Waals surface area contributed by atoms with E-state index < -0.39 is 0 Å². The molecule has 32 heavy (non-hydrogen) atoms. The van der Waals surface area contributed by atoms with Gasteiger partial charge in [0, 0.05) is 25.5 Å². The van der Waals surface area contributed by atoms with Gasteiger partial charge in [-0.3, -0.25) is 19.5 Å². The van der Waals surface area contributed by atoms with Crippen LogP contribution in [0.3, 0.4) is 0 Å². The maximum atomic E-state index is 13.5. The summed E-state index contributed by atoms with van der Waals surface area (Å²) in [4.78, 5) is 34.2. The SMILES string of the molecule is CCN(CCc1ccncc1)C1=C(c2ccc(F)cc2)C(=O)N(Cc2ccccc2)C1=O. The molecule has 0 atom stereocenters. The summed E-state index contributed by atoms with van der Waals surface area (Å²) in [6.45, 7) is 3.27. The van der Waals surface area contributed by atoms with Crippen molar-refractivity contribution in [2.45, 2.75) is 19.9 Å². The van der Waals surface area contributed by atoms with E-state index in [9.17, 15) is 14.0 Å². The predicted molar refractivity (Wildman–Crippen MR) is 121 cm³/mol. The quantitative estimate of drug-likeness (QED) is 0.507. The molecular weight excluding hydrogens is 405 g/mol. The van der Waals surface area contributed by atoms with E-state index in [0.717, 1.165) is 11.1 Å². The van der Waals surface area contributed by atoms with Crippen LogP contribution >= 0.6 is 0 Å². The number of hydrogen-bond donors (Lipinski definition) is 0. The number of likely N-dealkylation sites (N-methyl/N-ethyl adjacent to an activating group) is 1. The van der Waals surface area contributed by atoms with Gasteiger partial charge in [0.25, 0.3) is 11.8 Å². The third-order valence-corrected chi connectivity index (χ3v) is 5.58. The van der Waals surface area contributed by atoms with Crippen LogP contribution in [0.15, 0.2) is 84.8 Å². The summed E-state index contributed by atoms with van der Waals surface area (Å²) in [5.74, 6) is -1.07. The average molecular weight is 429 g/mol. The van der Waals surface area contributed by atoms with Gasteiger partial charge in [0.1, 0.15) is 11.5 Å². The standard InChI is InChI=1S/C26H24FN3O2/c1-2-29(17-14-19-12-15-28-16-13-19)24-23(21-8-10-22(27)11-9-21)25(31)30(26(24)32)18-20-6-4-3-5-7-20/h3-13,15-16H,2,14,17-18H2,1H3. The Kier molecular flexibility index (Phi) is 6.40. The van der Waals surface area contributed by atoms with Crippen molar-refractivity contribution in [2.75, 3.05) is 13.1 Å². The highest BCUT2D eigenvalue weighted by Gasteiger charge is 2.41. The van der Waals surface area contributed by atoms with Gasteiger partial charge in [-0.15, -0.1) is 0 Å². The van der Waals surface area contributed by atoms with Crippen LogP contribution in [0.25, 0.3) is 5.57 Å². The summed E-state index contributed by atoms with van der Waals surface area (Å²) in [5, 5.41) is 0. The van der Waals surface area contributed by atoms with Crippen LogP contribution < -0.4 is 0 Å². The van der Waals surface area contributed by atoms with Gasteiger partial charge in [-0.2, -0.15) is 0 Å².